The van der Waals surface area contributed by atoms with E-state index in [9.17, 15) is 0 Å². The first-order valence-electron chi connectivity index (χ1n) is 7.94. The van der Waals surface area contributed by atoms with Gasteiger partial charge in [0, 0.05) is 5.41 Å². The first kappa shape index (κ1) is 16.6. The average molecular weight is 343 g/mol. The van der Waals surface area contributed by atoms with E-state index in [1.54, 1.807) is 14.2 Å². The Labute approximate surface area is 147 Å². The normalized spacial score (nSPS) is 15.3. The van der Waals surface area contributed by atoms with E-state index >= 15 is 0 Å². The van der Waals surface area contributed by atoms with Crippen LogP contribution in [0, 0.1) is 0 Å². The zero-order chi connectivity index (χ0) is 17.2. The molecule has 1 fully saturated rings. The van der Waals surface area contributed by atoms with Crippen molar-refractivity contribution in [1.29, 1.82) is 0 Å². The molecule has 6 heteroatoms. The standard InChI is InChI=1S/C18H21N3O2S/c1-18(10-5-11-18)14-8-9-15(21-20-14)19-17(24)16-12(22-2)6-4-7-13(16)23-3/h4,6-9H,5,10-11H2,1-3H3,(H,19,21,24). The minimum absolute atomic E-state index is 0.178. The molecule has 1 saturated carbocycles. The van der Waals surface area contributed by atoms with Gasteiger partial charge in [0.2, 0.25) is 0 Å². The van der Waals surface area contributed by atoms with Crippen molar-refractivity contribution in [2.75, 3.05) is 19.5 Å². The van der Waals surface area contributed by atoms with E-state index in [0.717, 1.165) is 5.69 Å². The zero-order valence-electron chi connectivity index (χ0n) is 14.1. The monoisotopic (exact) mass is 343 g/mol. The van der Waals surface area contributed by atoms with Crippen molar-refractivity contribution < 1.29 is 9.47 Å². The summed E-state index contributed by atoms with van der Waals surface area (Å²) >= 11 is 5.51. The molecule has 0 saturated heterocycles. The number of methoxy groups -OCH3 is 2. The minimum Gasteiger partial charge on any atom is -0.496 e. The Morgan fingerprint density at radius 1 is 1.08 bits per heavy atom. The number of nitrogens with one attached hydrogen (secondary N) is 1. The Balaban J connectivity index is 1.80. The lowest BCUT2D eigenvalue weighted by molar-refractivity contribution is 0.262. The van der Waals surface area contributed by atoms with E-state index in [-0.39, 0.29) is 5.41 Å². The molecular formula is C18H21N3O2S. The lowest BCUT2D eigenvalue weighted by Gasteiger charge is -2.37. The van der Waals surface area contributed by atoms with E-state index in [2.05, 4.69) is 22.4 Å². The van der Waals surface area contributed by atoms with Crippen LogP contribution in [0.15, 0.2) is 30.3 Å². The molecule has 1 aromatic heterocycles. The second kappa shape index (κ2) is 6.73. The summed E-state index contributed by atoms with van der Waals surface area (Å²) in [5.74, 6) is 1.91. The molecule has 1 heterocycles. The van der Waals surface area contributed by atoms with E-state index < -0.39 is 0 Å². The SMILES string of the molecule is COc1cccc(OC)c1C(=S)Nc1ccc(C2(C)CCC2)nn1. The largest absolute Gasteiger partial charge is 0.496 e. The predicted octanol–water partition coefficient (Wildman–Crippen LogP) is 3.72. The van der Waals surface area contributed by atoms with Crippen LogP contribution in [0.1, 0.15) is 37.4 Å². The van der Waals surface area contributed by atoms with Crippen LogP contribution in [0.3, 0.4) is 0 Å². The lowest BCUT2D eigenvalue weighted by Crippen LogP contribution is -2.31. The quantitative estimate of drug-likeness (QED) is 0.835. The van der Waals surface area contributed by atoms with Crippen molar-refractivity contribution >= 4 is 23.0 Å². The number of ether oxygens (including phenoxy) is 2. The van der Waals surface area contributed by atoms with Gasteiger partial charge in [-0.1, -0.05) is 31.6 Å². The van der Waals surface area contributed by atoms with E-state index in [0.29, 0.717) is 27.9 Å². The molecule has 5 nitrogen and oxygen atoms in total. The highest BCUT2D eigenvalue weighted by atomic mass is 32.1. The van der Waals surface area contributed by atoms with Crippen LogP contribution < -0.4 is 14.8 Å². The molecule has 0 aliphatic heterocycles. The third-order valence-electron chi connectivity index (χ3n) is 4.64. The molecule has 126 valence electrons. The van der Waals surface area contributed by atoms with E-state index in [4.69, 9.17) is 21.7 Å². The number of aromatic nitrogens is 2. The fourth-order valence-electron chi connectivity index (χ4n) is 2.94. The zero-order valence-corrected chi connectivity index (χ0v) is 14.9. The van der Waals surface area contributed by atoms with E-state index in [1.807, 2.05) is 30.3 Å². The highest BCUT2D eigenvalue weighted by Crippen LogP contribution is 2.42. The van der Waals surface area contributed by atoms with Crippen molar-refractivity contribution in [3.8, 4) is 11.5 Å². The maximum Gasteiger partial charge on any atom is 0.153 e. The molecule has 1 N–H and O–H groups in total. The predicted molar refractivity (Wildman–Crippen MR) is 98.1 cm³/mol. The van der Waals surface area contributed by atoms with Gasteiger partial charge in [0.05, 0.1) is 25.5 Å². The van der Waals surface area contributed by atoms with Crippen LogP contribution in [-0.4, -0.2) is 29.4 Å². The summed E-state index contributed by atoms with van der Waals surface area (Å²) in [4.78, 5) is 0.487. The van der Waals surface area contributed by atoms with Crippen molar-refractivity contribution in [2.45, 2.75) is 31.6 Å². The lowest BCUT2D eigenvalue weighted by atomic mass is 9.68. The number of hydrogen-bond donors (Lipinski definition) is 1. The minimum atomic E-state index is 0.178. The van der Waals surface area contributed by atoms with Gasteiger partial charge in [0.1, 0.15) is 16.5 Å². The Kier molecular flexibility index (Phi) is 4.66. The van der Waals surface area contributed by atoms with Gasteiger partial charge in [0.25, 0.3) is 0 Å². The van der Waals surface area contributed by atoms with Gasteiger partial charge in [-0.2, -0.15) is 5.10 Å². The van der Waals surface area contributed by atoms with E-state index in [1.165, 1.54) is 19.3 Å². The average Bonchev–Trinajstić information content (AvgIpc) is 2.59. The molecule has 0 radical (unpaired) electrons. The number of thiocarbonyl (C=S) groups is 1. The van der Waals surface area contributed by atoms with Crippen LogP contribution in [0.5, 0.6) is 11.5 Å². The Morgan fingerprint density at radius 3 is 2.21 bits per heavy atom. The molecule has 0 amide bonds. The summed E-state index contributed by atoms with van der Waals surface area (Å²) in [6.07, 6.45) is 3.60. The van der Waals surface area contributed by atoms with Crippen molar-refractivity contribution in [1.82, 2.24) is 10.2 Å². The molecular weight excluding hydrogens is 322 g/mol. The fraction of sp³-hybridized carbons (Fsp3) is 0.389. The molecule has 1 aliphatic carbocycles. The van der Waals surface area contributed by atoms with Gasteiger partial charge in [0.15, 0.2) is 5.82 Å². The topological polar surface area (TPSA) is 56.3 Å². The Bertz CT molecular complexity index is 720. The summed E-state index contributed by atoms with van der Waals surface area (Å²) in [6.45, 7) is 2.23. The second-order valence-electron chi connectivity index (χ2n) is 6.21. The molecule has 0 unspecified atom stereocenters. The maximum atomic E-state index is 5.51. The molecule has 24 heavy (non-hydrogen) atoms. The Morgan fingerprint density at radius 2 is 1.75 bits per heavy atom. The number of benzene rings is 1. The van der Waals surface area contributed by atoms with Gasteiger partial charge >= 0.3 is 0 Å². The molecule has 0 bridgehead atoms. The smallest absolute Gasteiger partial charge is 0.153 e. The van der Waals surface area contributed by atoms with Crippen LogP contribution in [0.2, 0.25) is 0 Å². The molecule has 0 spiro atoms. The van der Waals surface area contributed by atoms with Gasteiger partial charge in [-0.15, -0.1) is 5.10 Å². The Hall–Kier alpha value is -2.21. The number of hydrogen-bond acceptors (Lipinski definition) is 5. The van der Waals surface area contributed by atoms with Gasteiger partial charge in [-0.25, -0.2) is 0 Å². The molecule has 3 rings (SSSR count). The van der Waals surface area contributed by atoms with Gasteiger partial charge < -0.3 is 14.8 Å². The van der Waals surface area contributed by atoms with Crippen molar-refractivity contribution in [2.24, 2.45) is 0 Å². The summed E-state index contributed by atoms with van der Waals surface area (Å²) < 4.78 is 10.8. The molecule has 1 aromatic carbocycles. The summed E-state index contributed by atoms with van der Waals surface area (Å²) in [6, 6.07) is 9.49. The van der Waals surface area contributed by atoms with Gasteiger partial charge in [-0.3, -0.25) is 0 Å². The first-order valence-corrected chi connectivity index (χ1v) is 8.35. The van der Waals surface area contributed by atoms with Crippen molar-refractivity contribution in [3.63, 3.8) is 0 Å². The number of nitrogens with zero attached hydrogens (tertiary/aromatic N) is 2. The summed E-state index contributed by atoms with van der Waals surface area (Å²) in [5, 5.41) is 11.8. The van der Waals surface area contributed by atoms with Gasteiger partial charge in [-0.05, 0) is 37.1 Å². The van der Waals surface area contributed by atoms with Crippen LogP contribution in [-0.2, 0) is 5.41 Å². The molecule has 2 aromatic rings. The highest BCUT2D eigenvalue weighted by Gasteiger charge is 2.35. The fourth-order valence-corrected chi connectivity index (χ4v) is 3.24. The highest BCUT2D eigenvalue weighted by molar-refractivity contribution is 7.81. The molecule has 1 aliphatic rings. The first-order chi connectivity index (χ1) is 11.6. The van der Waals surface area contributed by atoms with Crippen LogP contribution in [0.25, 0.3) is 0 Å². The number of anilines is 1. The third kappa shape index (κ3) is 3.06. The molecule has 0 atom stereocenters. The third-order valence-corrected chi connectivity index (χ3v) is 4.94. The summed E-state index contributed by atoms with van der Waals surface area (Å²) in [5.41, 5.74) is 1.92. The van der Waals surface area contributed by atoms with Crippen LogP contribution >= 0.6 is 12.2 Å². The maximum absolute atomic E-state index is 5.51. The summed E-state index contributed by atoms with van der Waals surface area (Å²) in [7, 11) is 3.21. The second-order valence-corrected chi connectivity index (χ2v) is 6.62. The van der Waals surface area contributed by atoms with Crippen LogP contribution in [0.4, 0.5) is 5.82 Å². The number of rotatable bonds is 5. The van der Waals surface area contributed by atoms with Crippen molar-refractivity contribution in [3.05, 3.63) is 41.6 Å².